The third-order valence-electron chi connectivity index (χ3n) is 4.00. The van der Waals surface area contributed by atoms with E-state index in [1.165, 1.54) is 6.92 Å². The summed E-state index contributed by atoms with van der Waals surface area (Å²) in [5.74, 6) is -1.72. The highest BCUT2D eigenvalue weighted by Gasteiger charge is 2.15. The van der Waals surface area contributed by atoms with Crippen LogP contribution in [0.3, 0.4) is 0 Å². The number of carbonyl (C=O) groups excluding carboxylic acids is 2. The number of hydrogen-bond donors (Lipinski definition) is 3. The van der Waals surface area contributed by atoms with Crippen LogP contribution in [0.1, 0.15) is 35.3 Å². The number of anilines is 1. The highest BCUT2D eigenvalue weighted by atomic mass is 16.4. The number of aryl methyl sites for hydroxylation is 1. The summed E-state index contributed by atoms with van der Waals surface area (Å²) < 4.78 is 0. The first-order valence-corrected chi connectivity index (χ1v) is 8.41. The zero-order valence-corrected chi connectivity index (χ0v) is 14.8. The van der Waals surface area contributed by atoms with E-state index in [1.54, 1.807) is 24.3 Å². The molecule has 6 nitrogen and oxygen atoms in total. The van der Waals surface area contributed by atoms with Crippen LogP contribution in [0, 0.1) is 0 Å². The quantitative estimate of drug-likeness (QED) is 0.712. The molecule has 0 radical (unpaired) electrons. The molecule has 136 valence electrons. The van der Waals surface area contributed by atoms with Crippen LogP contribution in [0.25, 0.3) is 0 Å². The number of benzene rings is 2. The minimum Gasteiger partial charge on any atom is -0.480 e. The van der Waals surface area contributed by atoms with Crippen LogP contribution in [-0.2, 0) is 22.4 Å². The fourth-order valence-corrected chi connectivity index (χ4v) is 2.50. The monoisotopic (exact) mass is 354 g/mol. The number of rotatable bonds is 7. The summed E-state index contributed by atoms with van der Waals surface area (Å²) in [5.41, 5.74) is 3.03. The van der Waals surface area contributed by atoms with Gasteiger partial charge in [0.1, 0.15) is 6.04 Å². The van der Waals surface area contributed by atoms with Gasteiger partial charge in [-0.15, -0.1) is 0 Å². The predicted molar refractivity (Wildman–Crippen MR) is 99.2 cm³/mol. The molecule has 0 bridgehead atoms. The van der Waals surface area contributed by atoms with Crippen molar-refractivity contribution in [3.63, 3.8) is 0 Å². The third-order valence-corrected chi connectivity index (χ3v) is 4.00. The zero-order valence-electron chi connectivity index (χ0n) is 14.8. The van der Waals surface area contributed by atoms with Crippen molar-refractivity contribution in [1.29, 1.82) is 0 Å². The highest BCUT2D eigenvalue weighted by Crippen LogP contribution is 2.13. The van der Waals surface area contributed by atoms with Crippen LogP contribution >= 0.6 is 0 Å². The van der Waals surface area contributed by atoms with E-state index in [0.717, 1.165) is 17.5 Å². The predicted octanol–water partition coefficient (Wildman–Crippen LogP) is 2.63. The van der Waals surface area contributed by atoms with Gasteiger partial charge in [-0.05, 0) is 48.7 Å². The molecule has 0 aliphatic rings. The number of aliphatic carboxylic acids is 1. The lowest BCUT2D eigenvalue weighted by Gasteiger charge is -2.11. The zero-order chi connectivity index (χ0) is 19.1. The lowest BCUT2D eigenvalue weighted by Crippen LogP contribution is -2.38. The van der Waals surface area contributed by atoms with E-state index in [-0.39, 0.29) is 12.3 Å². The van der Waals surface area contributed by atoms with E-state index in [0.29, 0.717) is 11.3 Å². The molecule has 0 saturated carbocycles. The molecule has 0 fully saturated rings. The van der Waals surface area contributed by atoms with Gasteiger partial charge in [-0.3, -0.25) is 14.4 Å². The summed E-state index contributed by atoms with van der Waals surface area (Å²) in [6.07, 6.45) is 1.14. The molecule has 0 aliphatic carbocycles. The summed E-state index contributed by atoms with van der Waals surface area (Å²) in [4.78, 5) is 35.0. The lowest BCUT2D eigenvalue weighted by molar-refractivity contribution is -0.138. The van der Waals surface area contributed by atoms with Crippen molar-refractivity contribution in [2.45, 2.75) is 32.7 Å². The first-order valence-electron chi connectivity index (χ1n) is 8.41. The summed E-state index contributed by atoms with van der Waals surface area (Å²) in [5, 5.41) is 14.0. The number of hydrogen-bond acceptors (Lipinski definition) is 3. The fourth-order valence-electron chi connectivity index (χ4n) is 2.50. The third kappa shape index (κ3) is 5.17. The van der Waals surface area contributed by atoms with Crippen molar-refractivity contribution in [3.8, 4) is 0 Å². The van der Waals surface area contributed by atoms with Crippen LogP contribution in [0.15, 0.2) is 48.5 Å². The molecule has 2 aromatic rings. The topological polar surface area (TPSA) is 95.5 Å². The average Bonchev–Trinajstić information content (AvgIpc) is 2.62. The minimum absolute atomic E-state index is 0.136. The molecular weight excluding hydrogens is 332 g/mol. The molecule has 1 atom stereocenters. The fraction of sp³-hybridized carbons (Fsp3) is 0.250. The van der Waals surface area contributed by atoms with E-state index in [9.17, 15) is 14.4 Å². The Hall–Kier alpha value is -3.15. The Morgan fingerprint density at radius 2 is 1.62 bits per heavy atom. The Labute approximate surface area is 152 Å². The van der Waals surface area contributed by atoms with Gasteiger partial charge in [0.25, 0.3) is 5.91 Å². The Bertz CT molecular complexity index is 800. The van der Waals surface area contributed by atoms with Crippen molar-refractivity contribution < 1.29 is 19.5 Å². The van der Waals surface area contributed by atoms with Gasteiger partial charge in [-0.25, -0.2) is 0 Å². The molecule has 0 heterocycles. The molecular formula is C20H22N2O4. The maximum absolute atomic E-state index is 12.2. The van der Waals surface area contributed by atoms with Crippen molar-refractivity contribution in [2.75, 3.05) is 5.32 Å². The summed E-state index contributed by atoms with van der Waals surface area (Å²) >= 11 is 0. The molecule has 3 N–H and O–H groups in total. The molecule has 2 aromatic carbocycles. The van der Waals surface area contributed by atoms with E-state index < -0.39 is 17.9 Å². The summed E-state index contributed by atoms with van der Waals surface area (Å²) in [6, 6.07) is 13.2. The lowest BCUT2D eigenvalue weighted by atomic mass is 10.0. The van der Waals surface area contributed by atoms with Crippen molar-refractivity contribution in [2.24, 2.45) is 0 Å². The molecule has 0 spiro atoms. The molecule has 2 amide bonds. The van der Waals surface area contributed by atoms with E-state index in [1.807, 2.05) is 31.2 Å². The van der Waals surface area contributed by atoms with Crippen LogP contribution in [0.2, 0.25) is 0 Å². The maximum Gasteiger partial charge on any atom is 0.325 e. The second-order valence-corrected chi connectivity index (χ2v) is 5.96. The number of nitrogens with one attached hydrogen (secondary N) is 2. The first kappa shape index (κ1) is 19.2. The van der Waals surface area contributed by atoms with Gasteiger partial charge in [0.2, 0.25) is 5.91 Å². The number of carbonyl (C=O) groups is 3. The van der Waals surface area contributed by atoms with Crippen LogP contribution in [-0.4, -0.2) is 28.9 Å². The Kier molecular flexibility index (Phi) is 6.49. The van der Waals surface area contributed by atoms with Gasteiger partial charge < -0.3 is 15.7 Å². The molecule has 2 rings (SSSR count). The number of amides is 2. The van der Waals surface area contributed by atoms with Crippen molar-refractivity contribution >= 4 is 23.5 Å². The highest BCUT2D eigenvalue weighted by molar-refractivity contribution is 5.97. The second-order valence-electron chi connectivity index (χ2n) is 5.96. The first-order chi connectivity index (χ1) is 12.4. The molecule has 0 aromatic heterocycles. The van der Waals surface area contributed by atoms with Crippen LogP contribution < -0.4 is 10.6 Å². The van der Waals surface area contributed by atoms with Crippen molar-refractivity contribution in [3.05, 3.63) is 65.2 Å². The standard InChI is InChI=1S/C20H22N2O4/c1-3-14-6-4-5-7-16(14)12-18(23)22-17-10-8-15(9-11-17)19(24)21-13(2)20(25)26/h4-11,13H,3,12H2,1-2H3,(H,21,24)(H,22,23)(H,25,26). The van der Waals surface area contributed by atoms with Crippen molar-refractivity contribution in [1.82, 2.24) is 5.32 Å². The Morgan fingerprint density at radius 3 is 2.19 bits per heavy atom. The normalized spacial score (nSPS) is 11.5. The smallest absolute Gasteiger partial charge is 0.325 e. The number of carboxylic acids is 1. The van der Waals surface area contributed by atoms with Crippen LogP contribution in [0.5, 0.6) is 0 Å². The molecule has 1 unspecified atom stereocenters. The SMILES string of the molecule is CCc1ccccc1CC(=O)Nc1ccc(C(=O)NC(C)C(=O)O)cc1. The average molecular weight is 354 g/mol. The second kappa shape index (κ2) is 8.80. The molecule has 6 heteroatoms. The van der Waals surface area contributed by atoms with Gasteiger partial charge in [-0.2, -0.15) is 0 Å². The largest absolute Gasteiger partial charge is 0.480 e. The van der Waals surface area contributed by atoms with Gasteiger partial charge in [0.15, 0.2) is 0 Å². The molecule has 0 aliphatic heterocycles. The van der Waals surface area contributed by atoms with E-state index in [2.05, 4.69) is 10.6 Å². The van der Waals surface area contributed by atoms with Gasteiger partial charge in [-0.1, -0.05) is 31.2 Å². The molecule has 26 heavy (non-hydrogen) atoms. The Balaban J connectivity index is 1.97. The van der Waals surface area contributed by atoms with Gasteiger partial charge >= 0.3 is 5.97 Å². The van der Waals surface area contributed by atoms with Gasteiger partial charge in [0.05, 0.1) is 6.42 Å². The van der Waals surface area contributed by atoms with E-state index in [4.69, 9.17) is 5.11 Å². The summed E-state index contributed by atoms with van der Waals surface area (Å²) in [7, 11) is 0. The van der Waals surface area contributed by atoms with E-state index >= 15 is 0 Å². The number of carboxylic acid groups (broad SMARTS) is 1. The van der Waals surface area contributed by atoms with Crippen LogP contribution in [0.4, 0.5) is 5.69 Å². The van der Waals surface area contributed by atoms with Gasteiger partial charge in [0, 0.05) is 11.3 Å². The Morgan fingerprint density at radius 1 is 1.00 bits per heavy atom. The molecule has 0 saturated heterocycles. The minimum atomic E-state index is -1.10. The maximum atomic E-state index is 12.2. The summed E-state index contributed by atoms with van der Waals surface area (Å²) in [6.45, 7) is 3.44.